The van der Waals surface area contributed by atoms with Gasteiger partial charge in [0.2, 0.25) is 0 Å². The molecule has 23 heavy (non-hydrogen) atoms. The minimum Gasteiger partial charge on any atom is -0.466 e. The lowest BCUT2D eigenvalue weighted by atomic mass is 9.91. The van der Waals surface area contributed by atoms with Gasteiger partial charge in [-0.25, -0.2) is 4.98 Å². The summed E-state index contributed by atoms with van der Waals surface area (Å²) in [5.41, 5.74) is 5.23. The second-order valence-corrected chi connectivity index (χ2v) is 7.02. The molecule has 0 bridgehead atoms. The zero-order chi connectivity index (χ0) is 16.6. The number of nitrogens with two attached hydrogens (primary N) is 1. The topological polar surface area (TPSA) is 120 Å². The van der Waals surface area contributed by atoms with Gasteiger partial charge in [-0.2, -0.15) is 5.10 Å². The Morgan fingerprint density at radius 2 is 2.17 bits per heavy atom. The Kier molecular flexibility index (Phi) is 4.33. The number of thioether (sulfide) groups is 1. The van der Waals surface area contributed by atoms with E-state index in [0.717, 1.165) is 0 Å². The first-order valence-electron chi connectivity index (χ1n) is 7.67. The van der Waals surface area contributed by atoms with Gasteiger partial charge in [0.15, 0.2) is 5.16 Å². The second kappa shape index (κ2) is 6.12. The van der Waals surface area contributed by atoms with Crippen LogP contribution in [0.25, 0.3) is 0 Å². The average molecular weight is 340 g/mol. The molecule has 2 saturated carbocycles. The highest BCUT2D eigenvalue weighted by Crippen LogP contribution is 2.65. The van der Waals surface area contributed by atoms with E-state index in [0.29, 0.717) is 18.2 Å². The van der Waals surface area contributed by atoms with Crippen LogP contribution in [0.1, 0.15) is 20.3 Å². The number of ether oxygens (including phenoxy) is 2. The molecule has 5 unspecified atom stereocenters. The maximum atomic E-state index is 12.3. The Morgan fingerprint density at radius 1 is 1.43 bits per heavy atom. The van der Waals surface area contributed by atoms with Gasteiger partial charge in [-0.05, 0) is 26.2 Å². The zero-order valence-corrected chi connectivity index (χ0v) is 13.8. The van der Waals surface area contributed by atoms with E-state index in [9.17, 15) is 9.59 Å². The molecule has 9 heteroatoms. The van der Waals surface area contributed by atoms with Crippen molar-refractivity contribution in [2.45, 2.75) is 36.2 Å². The third-order valence-corrected chi connectivity index (χ3v) is 5.71. The van der Waals surface area contributed by atoms with Gasteiger partial charge in [-0.15, -0.1) is 0 Å². The molecule has 0 aliphatic heterocycles. The number of aromatic amines is 1. The SMILES string of the molecule is CCOC(=O)C1C2C(Sc3ncn[nH]3)CC(N)(C(=O)OCC)C12. The quantitative estimate of drug-likeness (QED) is 0.712. The first kappa shape index (κ1) is 16.3. The molecule has 2 fully saturated rings. The Hall–Kier alpha value is -1.61. The van der Waals surface area contributed by atoms with E-state index in [1.807, 2.05) is 0 Å². The lowest BCUT2D eigenvalue weighted by Crippen LogP contribution is -2.51. The highest BCUT2D eigenvalue weighted by Gasteiger charge is 2.74. The molecule has 3 rings (SSSR count). The van der Waals surface area contributed by atoms with Crippen LogP contribution in [0.2, 0.25) is 0 Å². The highest BCUT2D eigenvalue weighted by molar-refractivity contribution is 7.99. The Balaban J connectivity index is 1.80. The summed E-state index contributed by atoms with van der Waals surface area (Å²) < 4.78 is 10.3. The molecule has 0 saturated heterocycles. The third-order valence-electron chi connectivity index (χ3n) is 4.51. The molecule has 3 N–H and O–H groups in total. The van der Waals surface area contributed by atoms with Crippen LogP contribution < -0.4 is 5.73 Å². The summed E-state index contributed by atoms with van der Waals surface area (Å²) in [5.74, 6) is -1.31. The van der Waals surface area contributed by atoms with E-state index in [1.165, 1.54) is 18.1 Å². The predicted octanol–water partition coefficient (Wildman–Crippen LogP) is 0.355. The van der Waals surface area contributed by atoms with Crippen LogP contribution in [-0.2, 0) is 19.1 Å². The maximum Gasteiger partial charge on any atom is 0.326 e. The van der Waals surface area contributed by atoms with Gasteiger partial charge < -0.3 is 15.2 Å². The van der Waals surface area contributed by atoms with Crippen LogP contribution in [0.3, 0.4) is 0 Å². The van der Waals surface area contributed by atoms with Gasteiger partial charge >= 0.3 is 11.9 Å². The number of esters is 2. The van der Waals surface area contributed by atoms with Crippen molar-refractivity contribution in [3.63, 3.8) is 0 Å². The number of nitrogens with zero attached hydrogens (tertiary/aromatic N) is 2. The summed E-state index contributed by atoms with van der Waals surface area (Å²) in [6.45, 7) is 4.08. The average Bonchev–Trinajstić information content (AvgIpc) is 2.94. The molecule has 2 aliphatic rings. The molecule has 5 atom stereocenters. The summed E-state index contributed by atoms with van der Waals surface area (Å²) in [6, 6.07) is 0. The number of hydrogen-bond donors (Lipinski definition) is 2. The first-order chi connectivity index (χ1) is 11.0. The number of hydrogen-bond acceptors (Lipinski definition) is 8. The van der Waals surface area contributed by atoms with Gasteiger partial charge in [0, 0.05) is 11.2 Å². The number of nitrogens with one attached hydrogen (secondary N) is 1. The number of H-pyrrole nitrogens is 1. The number of rotatable bonds is 6. The second-order valence-electron chi connectivity index (χ2n) is 5.79. The summed E-state index contributed by atoms with van der Waals surface area (Å²) in [5, 5.41) is 7.25. The number of aromatic nitrogens is 3. The van der Waals surface area contributed by atoms with Crippen LogP contribution in [0.4, 0.5) is 0 Å². The highest BCUT2D eigenvalue weighted by atomic mass is 32.2. The molecule has 0 radical (unpaired) electrons. The smallest absolute Gasteiger partial charge is 0.326 e. The molecule has 8 nitrogen and oxygen atoms in total. The molecule has 1 heterocycles. The van der Waals surface area contributed by atoms with Crippen LogP contribution in [-0.4, -0.2) is 51.1 Å². The summed E-state index contributed by atoms with van der Waals surface area (Å²) in [4.78, 5) is 28.6. The van der Waals surface area contributed by atoms with Gasteiger partial charge in [0.1, 0.15) is 11.9 Å². The van der Waals surface area contributed by atoms with Gasteiger partial charge in [0.25, 0.3) is 0 Å². The fraction of sp³-hybridized carbons (Fsp3) is 0.714. The Labute approximate surface area is 137 Å². The van der Waals surface area contributed by atoms with Crippen LogP contribution in [0, 0.1) is 17.8 Å². The van der Waals surface area contributed by atoms with Crippen LogP contribution in [0.15, 0.2) is 11.5 Å². The first-order valence-corrected chi connectivity index (χ1v) is 8.55. The Bertz CT molecular complexity index is 596. The van der Waals surface area contributed by atoms with Crippen molar-refractivity contribution in [1.82, 2.24) is 15.2 Å². The van der Waals surface area contributed by atoms with Crippen molar-refractivity contribution in [1.29, 1.82) is 0 Å². The fourth-order valence-electron chi connectivity index (χ4n) is 3.61. The number of carbonyl (C=O) groups excluding carboxylic acids is 2. The summed E-state index contributed by atoms with van der Waals surface area (Å²) in [7, 11) is 0. The zero-order valence-electron chi connectivity index (χ0n) is 13.0. The molecule has 126 valence electrons. The van der Waals surface area contributed by atoms with E-state index < -0.39 is 11.5 Å². The summed E-state index contributed by atoms with van der Waals surface area (Å²) in [6.07, 6.45) is 1.87. The van der Waals surface area contributed by atoms with Gasteiger partial charge in [-0.1, -0.05) is 11.8 Å². The molecule has 1 aromatic rings. The minimum atomic E-state index is -1.14. The lowest BCUT2D eigenvalue weighted by molar-refractivity contribution is -0.151. The maximum absolute atomic E-state index is 12.3. The van der Waals surface area contributed by atoms with E-state index in [4.69, 9.17) is 15.2 Å². The number of fused-ring (bicyclic) bond motifs is 1. The van der Waals surface area contributed by atoms with Gasteiger partial charge in [-0.3, -0.25) is 14.7 Å². The van der Waals surface area contributed by atoms with Crippen molar-refractivity contribution in [2.75, 3.05) is 13.2 Å². The normalized spacial score (nSPS) is 34.7. The van der Waals surface area contributed by atoms with Crippen LogP contribution >= 0.6 is 11.8 Å². The molecule has 1 aromatic heterocycles. The van der Waals surface area contributed by atoms with Gasteiger partial charge in [0.05, 0.1) is 19.1 Å². The molecule has 2 aliphatic carbocycles. The third kappa shape index (κ3) is 2.72. The van der Waals surface area contributed by atoms with Crippen LogP contribution in [0.5, 0.6) is 0 Å². The lowest BCUT2D eigenvalue weighted by Gasteiger charge is -2.26. The largest absolute Gasteiger partial charge is 0.466 e. The molecule has 0 aromatic carbocycles. The fourth-order valence-corrected chi connectivity index (χ4v) is 4.96. The molecule has 0 amide bonds. The van der Waals surface area contributed by atoms with E-state index in [2.05, 4.69) is 15.2 Å². The van der Waals surface area contributed by atoms with Crippen molar-refractivity contribution >= 4 is 23.7 Å². The van der Waals surface area contributed by atoms with E-state index in [1.54, 1.807) is 13.8 Å². The van der Waals surface area contributed by atoms with E-state index >= 15 is 0 Å². The van der Waals surface area contributed by atoms with E-state index in [-0.39, 0.29) is 35.6 Å². The van der Waals surface area contributed by atoms with Crippen molar-refractivity contribution in [3.8, 4) is 0 Å². The standard InChI is InChI=1S/C14H20N4O4S/c1-3-21-11(19)9-8-7(23-13-16-6-17-18-13)5-14(15,10(8)9)12(20)22-4-2/h6-10H,3-5,15H2,1-2H3,(H,16,17,18). The van der Waals surface area contributed by atoms with Crippen molar-refractivity contribution < 1.29 is 19.1 Å². The molecular weight excluding hydrogens is 320 g/mol. The monoisotopic (exact) mass is 340 g/mol. The number of carbonyl (C=O) groups is 2. The summed E-state index contributed by atoms with van der Waals surface area (Å²) >= 11 is 1.46. The molecular formula is C14H20N4O4S. The Morgan fingerprint density at radius 3 is 2.78 bits per heavy atom. The minimum absolute atomic E-state index is 0.00134. The predicted molar refractivity (Wildman–Crippen MR) is 81.3 cm³/mol. The van der Waals surface area contributed by atoms with Crippen molar-refractivity contribution in [2.24, 2.45) is 23.5 Å². The molecule has 0 spiro atoms. The van der Waals surface area contributed by atoms with Crippen molar-refractivity contribution in [3.05, 3.63) is 6.33 Å².